The van der Waals surface area contributed by atoms with Crippen molar-refractivity contribution in [3.05, 3.63) is 59.9 Å². The number of benzene rings is 1. The molecule has 1 heterocycles. The molecule has 0 aliphatic heterocycles. The van der Waals surface area contributed by atoms with Crippen molar-refractivity contribution in [2.24, 2.45) is 0 Å². The SMILES string of the molecule is CCNCc1ccccc1NC(=O)COCC(=O)NCc1cccnc1.Cl.Cl. The van der Waals surface area contributed by atoms with Crippen LogP contribution in [0.5, 0.6) is 0 Å². The van der Waals surface area contributed by atoms with Gasteiger partial charge in [0.05, 0.1) is 0 Å². The summed E-state index contributed by atoms with van der Waals surface area (Å²) in [6.07, 6.45) is 3.35. The van der Waals surface area contributed by atoms with Crippen LogP contribution < -0.4 is 16.0 Å². The molecule has 3 N–H and O–H groups in total. The first kappa shape index (κ1) is 25.8. The molecule has 1 aromatic heterocycles. The van der Waals surface area contributed by atoms with Gasteiger partial charge in [-0.15, -0.1) is 24.8 Å². The summed E-state index contributed by atoms with van der Waals surface area (Å²) in [7, 11) is 0. The van der Waals surface area contributed by atoms with Crippen molar-refractivity contribution >= 4 is 42.3 Å². The second-order valence-electron chi connectivity index (χ2n) is 5.62. The van der Waals surface area contributed by atoms with Crippen molar-refractivity contribution in [1.82, 2.24) is 15.6 Å². The van der Waals surface area contributed by atoms with Crippen LogP contribution in [-0.4, -0.2) is 36.6 Å². The number of nitrogens with one attached hydrogen (secondary N) is 3. The summed E-state index contributed by atoms with van der Waals surface area (Å²) in [4.78, 5) is 27.7. The molecule has 7 nitrogen and oxygen atoms in total. The Balaban J connectivity index is 0.00000364. The van der Waals surface area contributed by atoms with Crippen LogP contribution in [0.3, 0.4) is 0 Å². The lowest BCUT2D eigenvalue weighted by molar-refractivity contribution is -0.128. The van der Waals surface area contributed by atoms with E-state index in [4.69, 9.17) is 4.74 Å². The molecule has 0 saturated carbocycles. The lowest BCUT2D eigenvalue weighted by Crippen LogP contribution is -2.29. The lowest BCUT2D eigenvalue weighted by atomic mass is 10.1. The molecule has 154 valence electrons. The highest BCUT2D eigenvalue weighted by Gasteiger charge is 2.08. The zero-order chi connectivity index (χ0) is 18.6. The third-order valence-electron chi connectivity index (χ3n) is 3.54. The molecule has 0 spiro atoms. The molecule has 0 radical (unpaired) electrons. The number of hydrogen-bond donors (Lipinski definition) is 3. The summed E-state index contributed by atoms with van der Waals surface area (Å²) in [5.41, 5.74) is 2.64. The van der Waals surface area contributed by atoms with Crippen LogP contribution in [0.15, 0.2) is 48.8 Å². The second-order valence-corrected chi connectivity index (χ2v) is 5.62. The minimum absolute atomic E-state index is 0. The zero-order valence-corrected chi connectivity index (χ0v) is 17.3. The van der Waals surface area contributed by atoms with E-state index >= 15 is 0 Å². The van der Waals surface area contributed by atoms with E-state index in [1.54, 1.807) is 18.5 Å². The number of hydrogen-bond acceptors (Lipinski definition) is 5. The van der Waals surface area contributed by atoms with Crippen LogP contribution in [0, 0.1) is 0 Å². The van der Waals surface area contributed by atoms with Gasteiger partial charge < -0.3 is 20.7 Å². The Morgan fingerprint density at radius 2 is 1.75 bits per heavy atom. The molecule has 0 saturated heterocycles. The third kappa shape index (κ3) is 9.66. The maximum absolute atomic E-state index is 12.0. The number of amides is 2. The van der Waals surface area contributed by atoms with Gasteiger partial charge in [0, 0.05) is 31.2 Å². The van der Waals surface area contributed by atoms with E-state index in [1.807, 2.05) is 37.3 Å². The molecule has 2 rings (SSSR count). The molecule has 0 aliphatic rings. The Hall–Kier alpha value is -2.19. The Morgan fingerprint density at radius 3 is 2.46 bits per heavy atom. The molecule has 9 heteroatoms. The van der Waals surface area contributed by atoms with Crippen molar-refractivity contribution in [3.8, 4) is 0 Å². The lowest BCUT2D eigenvalue weighted by Gasteiger charge is -2.11. The fraction of sp³-hybridized carbons (Fsp3) is 0.316. The normalized spacial score (nSPS) is 9.61. The van der Waals surface area contributed by atoms with Gasteiger partial charge in [-0.2, -0.15) is 0 Å². The van der Waals surface area contributed by atoms with Gasteiger partial charge >= 0.3 is 0 Å². The van der Waals surface area contributed by atoms with Gasteiger partial charge in [-0.25, -0.2) is 0 Å². The zero-order valence-electron chi connectivity index (χ0n) is 15.6. The van der Waals surface area contributed by atoms with E-state index in [1.165, 1.54) is 0 Å². The first-order valence-electron chi connectivity index (χ1n) is 8.51. The van der Waals surface area contributed by atoms with Gasteiger partial charge in [0.25, 0.3) is 0 Å². The van der Waals surface area contributed by atoms with Crippen molar-refractivity contribution in [3.63, 3.8) is 0 Å². The predicted octanol–water partition coefficient (Wildman–Crippen LogP) is 2.31. The van der Waals surface area contributed by atoms with E-state index in [0.717, 1.165) is 23.4 Å². The number of rotatable bonds is 10. The standard InChI is InChI=1S/C19H24N4O3.2ClH/c1-2-20-12-16-7-3-4-8-17(16)23-19(25)14-26-13-18(24)22-11-15-6-5-9-21-10-15;;/h3-10,20H,2,11-14H2,1H3,(H,22,24)(H,23,25);2*1H. The van der Waals surface area contributed by atoms with E-state index in [2.05, 4.69) is 20.9 Å². The number of para-hydroxylation sites is 1. The molecule has 0 unspecified atom stereocenters. The maximum atomic E-state index is 12.0. The first-order valence-corrected chi connectivity index (χ1v) is 8.51. The van der Waals surface area contributed by atoms with Crippen LogP contribution in [0.4, 0.5) is 5.69 Å². The largest absolute Gasteiger partial charge is 0.362 e. The minimum atomic E-state index is -0.297. The highest BCUT2D eigenvalue weighted by Crippen LogP contribution is 2.14. The Morgan fingerprint density at radius 1 is 1.00 bits per heavy atom. The summed E-state index contributed by atoms with van der Waals surface area (Å²) in [6.45, 7) is 3.56. The molecule has 28 heavy (non-hydrogen) atoms. The van der Waals surface area contributed by atoms with Gasteiger partial charge in [0.2, 0.25) is 11.8 Å². The highest BCUT2D eigenvalue weighted by molar-refractivity contribution is 5.92. The second kappa shape index (κ2) is 14.8. The monoisotopic (exact) mass is 428 g/mol. The first-order chi connectivity index (χ1) is 12.7. The maximum Gasteiger partial charge on any atom is 0.250 e. The number of pyridine rings is 1. The Labute approximate surface area is 177 Å². The minimum Gasteiger partial charge on any atom is -0.362 e. The fourth-order valence-electron chi connectivity index (χ4n) is 2.23. The Bertz CT molecular complexity index is 717. The number of nitrogens with zero attached hydrogens (tertiary/aromatic N) is 1. The number of carbonyl (C=O) groups is 2. The summed E-state index contributed by atoms with van der Waals surface area (Å²) in [5.74, 6) is -0.580. The van der Waals surface area contributed by atoms with Crippen molar-refractivity contribution in [1.29, 1.82) is 0 Å². The van der Waals surface area contributed by atoms with Crippen molar-refractivity contribution < 1.29 is 14.3 Å². The Kier molecular flexibility index (Phi) is 13.7. The molecule has 2 aromatic rings. The molecule has 2 amide bonds. The van der Waals surface area contributed by atoms with Gasteiger partial charge in [-0.05, 0) is 29.8 Å². The van der Waals surface area contributed by atoms with E-state index in [9.17, 15) is 9.59 Å². The smallest absolute Gasteiger partial charge is 0.250 e. The van der Waals surface area contributed by atoms with Crippen LogP contribution in [0.25, 0.3) is 0 Å². The molecular formula is C19H26Cl2N4O3. The van der Waals surface area contributed by atoms with Crippen LogP contribution in [0.2, 0.25) is 0 Å². The number of halogens is 2. The van der Waals surface area contributed by atoms with Gasteiger partial charge in [0.1, 0.15) is 13.2 Å². The average molecular weight is 429 g/mol. The van der Waals surface area contributed by atoms with Crippen LogP contribution in [-0.2, 0) is 27.4 Å². The van der Waals surface area contributed by atoms with E-state index < -0.39 is 0 Å². The average Bonchev–Trinajstić information content (AvgIpc) is 2.66. The van der Waals surface area contributed by atoms with Crippen LogP contribution in [0.1, 0.15) is 18.1 Å². The molecular weight excluding hydrogens is 403 g/mol. The summed E-state index contributed by atoms with van der Waals surface area (Å²) >= 11 is 0. The number of anilines is 1. The van der Waals surface area contributed by atoms with Gasteiger partial charge in [-0.3, -0.25) is 14.6 Å². The topological polar surface area (TPSA) is 92.4 Å². The summed E-state index contributed by atoms with van der Waals surface area (Å²) in [6, 6.07) is 11.2. The van der Waals surface area contributed by atoms with Gasteiger partial charge in [-0.1, -0.05) is 31.2 Å². The highest BCUT2D eigenvalue weighted by atomic mass is 35.5. The van der Waals surface area contributed by atoms with Crippen molar-refractivity contribution in [2.45, 2.75) is 20.0 Å². The molecule has 1 aromatic carbocycles. The van der Waals surface area contributed by atoms with E-state index in [-0.39, 0.29) is 49.8 Å². The molecule has 0 aliphatic carbocycles. The van der Waals surface area contributed by atoms with Gasteiger partial charge in [0.15, 0.2) is 0 Å². The predicted molar refractivity (Wildman–Crippen MR) is 114 cm³/mol. The molecule has 0 fully saturated rings. The third-order valence-corrected chi connectivity index (χ3v) is 3.54. The fourth-order valence-corrected chi connectivity index (χ4v) is 2.23. The van der Waals surface area contributed by atoms with Crippen molar-refractivity contribution in [2.75, 3.05) is 25.1 Å². The summed E-state index contributed by atoms with van der Waals surface area (Å²) in [5, 5.41) is 8.74. The number of aromatic nitrogens is 1. The molecule has 0 atom stereocenters. The number of carbonyl (C=O) groups excluding carboxylic acids is 2. The van der Waals surface area contributed by atoms with Crippen LogP contribution >= 0.6 is 24.8 Å². The van der Waals surface area contributed by atoms with E-state index in [0.29, 0.717) is 13.1 Å². The molecule has 0 bridgehead atoms. The summed E-state index contributed by atoms with van der Waals surface area (Å²) < 4.78 is 5.18. The number of ether oxygens (including phenoxy) is 1. The quantitative estimate of drug-likeness (QED) is 0.539.